The SMILES string of the molecule is NN/N=C(\N)c1ccc(/C(=C(/c2ccc(F)cc2Cl)C2CCC2)c2ccc(/C=C/C(=O)O)cc2)cc1. The zero-order valence-electron chi connectivity index (χ0n) is 19.4. The van der Waals surface area contributed by atoms with E-state index in [4.69, 9.17) is 28.3 Å². The van der Waals surface area contributed by atoms with E-state index in [0.717, 1.165) is 58.7 Å². The Morgan fingerprint density at radius 3 is 2.17 bits per heavy atom. The van der Waals surface area contributed by atoms with Gasteiger partial charge >= 0.3 is 5.97 Å². The first-order chi connectivity index (χ1) is 17.4. The Kier molecular flexibility index (Phi) is 7.83. The zero-order valence-corrected chi connectivity index (χ0v) is 20.2. The molecule has 0 heterocycles. The van der Waals surface area contributed by atoms with Gasteiger partial charge in [-0.15, -0.1) is 5.10 Å². The molecule has 1 aliphatic carbocycles. The van der Waals surface area contributed by atoms with Crippen molar-refractivity contribution in [1.82, 2.24) is 5.53 Å². The van der Waals surface area contributed by atoms with Crippen LogP contribution in [0.2, 0.25) is 5.02 Å². The van der Waals surface area contributed by atoms with E-state index in [1.165, 1.54) is 12.1 Å². The molecule has 0 spiro atoms. The summed E-state index contributed by atoms with van der Waals surface area (Å²) in [6.07, 6.45) is 5.77. The average molecular weight is 505 g/mol. The van der Waals surface area contributed by atoms with Crippen LogP contribution in [0.15, 0.2) is 77.9 Å². The normalized spacial score (nSPS) is 14.9. The number of carboxylic acids is 1. The fraction of sp³-hybridized carbons (Fsp3) is 0.143. The van der Waals surface area contributed by atoms with E-state index in [1.54, 1.807) is 12.1 Å². The lowest BCUT2D eigenvalue weighted by Crippen LogP contribution is -2.23. The number of amidine groups is 1. The van der Waals surface area contributed by atoms with Gasteiger partial charge in [-0.25, -0.2) is 20.6 Å². The molecule has 8 heteroatoms. The van der Waals surface area contributed by atoms with E-state index in [0.29, 0.717) is 10.6 Å². The summed E-state index contributed by atoms with van der Waals surface area (Å²) in [4.78, 5) is 10.9. The Balaban J connectivity index is 1.92. The van der Waals surface area contributed by atoms with Gasteiger partial charge in [-0.3, -0.25) is 0 Å². The molecule has 6 N–H and O–H groups in total. The van der Waals surface area contributed by atoms with Crippen LogP contribution < -0.4 is 17.1 Å². The number of nitrogens with one attached hydrogen (secondary N) is 1. The monoisotopic (exact) mass is 504 g/mol. The fourth-order valence-corrected chi connectivity index (χ4v) is 4.58. The lowest BCUT2D eigenvalue weighted by atomic mass is 9.73. The van der Waals surface area contributed by atoms with E-state index in [2.05, 4.69) is 10.6 Å². The third-order valence-corrected chi connectivity index (χ3v) is 6.59. The summed E-state index contributed by atoms with van der Waals surface area (Å²) in [7, 11) is 0. The van der Waals surface area contributed by atoms with Crippen molar-refractivity contribution in [1.29, 1.82) is 0 Å². The van der Waals surface area contributed by atoms with Crippen LogP contribution in [0.3, 0.4) is 0 Å². The van der Waals surface area contributed by atoms with E-state index < -0.39 is 5.97 Å². The third-order valence-electron chi connectivity index (χ3n) is 6.28. The van der Waals surface area contributed by atoms with E-state index in [1.807, 2.05) is 48.5 Å². The molecule has 1 saturated carbocycles. The molecule has 6 nitrogen and oxygen atoms in total. The van der Waals surface area contributed by atoms with Gasteiger partial charge in [0.2, 0.25) is 0 Å². The van der Waals surface area contributed by atoms with Crippen LogP contribution in [-0.2, 0) is 4.79 Å². The van der Waals surface area contributed by atoms with Crippen molar-refractivity contribution in [3.8, 4) is 0 Å². The highest BCUT2D eigenvalue weighted by molar-refractivity contribution is 6.32. The Hall–Kier alpha value is -3.94. The first kappa shape index (κ1) is 25.2. The number of hydrogen-bond acceptors (Lipinski definition) is 4. The molecular weight excluding hydrogens is 479 g/mol. The molecule has 4 rings (SSSR count). The number of nitrogens with two attached hydrogens (primary N) is 2. The van der Waals surface area contributed by atoms with Crippen molar-refractivity contribution in [2.45, 2.75) is 19.3 Å². The molecule has 0 radical (unpaired) electrons. The highest BCUT2D eigenvalue weighted by Gasteiger charge is 2.28. The third kappa shape index (κ3) is 5.64. The lowest BCUT2D eigenvalue weighted by Gasteiger charge is -2.32. The number of nitrogens with zero attached hydrogens (tertiary/aromatic N) is 1. The number of halogens is 2. The van der Waals surface area contributed by atoms with Gasteiger partial charge in [-0.1, -0.05) is 72.6 Å². The summed E-state index contributed by atoms with van der Waals surface area (Å²) in [5, 5.41) is 13.1. The minimum Gasteiger partial charge on any atom is -0.478 e. The number of carbonyl (C=O) groups is 1. The van der Waals surface area contributed by atoms with Crippen LogP contribution in [0.5, 0.6) is 0 Å². The van der Waals surface area contributed by atoms with Crippen LogP contribution in [-0.4, -0.2) is 16.9 Å². The number of hydrogen-bond donors (Lipinski definition) is 4. The average Bonchev–Trinajstić information content (AvgIpc) is 2.83. The molecule has 3 aromatic rings. The second-order valence-corrected chi connectivity index (χ2v) is 8.94. The van der Waals surface area contributed by atoms with E-state index >= 15 is 0 Å². The van der Waals surface area contributed by atoms with E-state index in [9.17, 15) is 9.18 Å². The van der Waals surface area contributed by atoms with Crippen molar-refractivity contribution in [2.75, 3.05) is 0 Å². The highest BCUT2D eigenvalue weighted by atomic mass is 35.5. The smallest absolute Gasteiger partial charge is 0.328 e. The quantitative estimate of drug-likeness (QED) is 0.0816. The first-order valence-electron chi connectivity index (χ1n) is 11.5. The Morgan fingerprint density at radius 2 is 1.64 bits per heavy atom. The van der Waals surface area contributed by atoms with Gasteiger partial charge in [0.1, 0.15) is 5.82 Å². The minimum atomic E-state index is -1.01. The van der Waals surface area contributed by atoms with Gasteiger partial charge in [0.25, 0.3) is 0 Å². The summed E-state index contributed by atoms with van der Waals surface area (Å²) in [6, 6.07) is 19.8. The predicted octanol–water partition coefficient (Wildman–Crippen LogP) is 5.42. The summed E-state index contributed by atoms with van der Waals surface area (Å²) in [6.45, 7) is 0. The number of allylic oxidation sites excluding steroid dienone is 1. The summed E-state index contributed by atoms with van der Waals surface area (Å²) >= 11 is 6.58. The second-order valence-electron chi connectivity index (χ2n) is 8.54. The maximum absolute atomic E-state index is 13.9. The van der Waals surface area contributed by atoms with Crippen LogP contribution in [0.4, 0.5) is 4.39 Å². The molecule has 1 aliphatic rings. The summed E-state index contributed by atoms with van der Waals surface area (Å²) < 4.78 is 13.9. The number of rotatable bonds is 8. The zero-order chi connectivity index (χ0) is 25.7. The molecule has 3 aromatic carbocycles. The van der Waals surface area contributed by atoms with Gasteiger partial charge in [0, 0.05) is 11.6 Å². The van der Waals surface area contributed by atoms with Crippen molar-refractivity contribution in [3.05, 3.63) is 111 Å². The summed E-state index contributed by atoms with van der Waals surface area (Å²) in [5.41, 5.74) is 14.3. The molecule has 0 aromatic heterocycles. The van der Waals surface area contributed by atoms with Crippen molar-refractivity contribution in [3.63, 3.8) is 0 Å². The maximum Gasteiger partial charge on any atom is 0.328 e. The lowest BCUT2D eigenvalue weighted by molar-refractivity contribution is -0.131. The molecule has 36 heavy (non-hydrogen) atoms. The minimum absolute atomic E-state index is 0.255. The molecule has 0 bridgehead atoms. The molecule has 0 atom stereocenters. The highest BCUT2D eigenvalue weighted by Crippen LogP contribution is 2.46. The van der Waals surface area contributed by atoms with Crippen molar-refractivity contribution >= 4 is 40.6 Å². The summed E-state index contributed by atoms with van der Waals surface area (Å²) in [5.74, 6) is 4.38. The number of hydrazone groups is 1. The largest absolute Gasteiger partial charge is 0.478 e. The van der Waals surface area contributed by atoms with Gasteiger partial charge in [0.05, 0.1) is 5.02 Å². The Morgan fingerprint density at radius 1 is 1.03 bits per heavy atom. The number of aliphatic carboxylic acids is 1. The number of benzene rings is 3. The standard InChI is InChI=1S/C28H26ClFN4O2/c29-24-16-22(30)13-14-23(24)27(18-2-1-3-18)26(19-7-4-17(5-8-19)6-15-25(35)36)20-9-11-21(12-10-20)28(31)33-34-32/h4-16,18,34H,1-3,32H2,(H2,31,33)(H,35,36)/b15-6+,27-26+. The molecule has 0 aliphatic heterocycles. The van der Waals surface area contributed by atoms with Crippen LogP contribution in [0.25, 0.3) is 17.2 Å². The molecule has 184 valence electrons. The number of hydrazine groups is 1. The second kappa shape index (κ2) is 11.2. The maximum atomic E-state index is 13.9. The van der Waals surface area contributed by atoms with Gasteiger partial charge in [-0.05, 0) is 70.4 Å². The van der Waals surface area contributed by atoms with Crippen LogP contribution >= 0.6 is 11.6 Å². The number of carboxylic acid groups (broad SMARTS) is 1. The predicted molar refractivity (Wildman–Crippen MR) is 142 cm³/mol. The molecular formula is C28H26ClFN4O2. The molecule has 0 amide bonds. The fourth-order valence-electron chi connectivity index (χ4n) is 4.31. The van der Waals surface area contributed by atoms with Gasteiger partial charge < -0.3 is 10.8 Å². The van der Waals surface area contributed by atoms with Crippen LogP contribution in [0, 0.1) is 11.7 Å². The Labute approximate surface area is 213 Å². The topological polar surface area (TPSA) is 114 Å². The van der Waals surface area contributed by atoms with Crippen molar-refractivity contribution < 1.29 is 14.3 Å². The Bertz CT molecular complexity index is 1340. The van der Waals surface area contributed by atoms with Gasteiger partial charge in [-0.2, -0.15) is 0 Å². The van der Waals surface area contributed by atoms with Gasteiger partial charge in [0.15, 0.2) is 5.84 Å². The molecule has 0 saturated heterocycles. The van der Waals surface area contributed by atoms with Crippen molar-refractivity contribution in [2.24, 2.45) is 22.6 Å². The molecule has 1 fully saturated rings. The molecule has 0 unspecified atom stereocenters. The first-order valence-corrected chi connectivity index (χ1v) is 11.9. The van der Waals surface area contributed by atoms with E-state index in [-0.39, 0.29) is 17.6 Å². The van der Waals surface area contributed by atoms with Crippen LogP contribution in [0.1, 0.15) is 47.1 Å².